The van der Waals surface area contributed by atoms with E-state index < -0.39 is 35.8 Å². The van der Waals surface area contributed by atoms with Crippen LogP contribution in [-0.4, -0.2) is 46.9 Å². The number of piperidine rings is 1. The molecule has 0 saturated carbocycles. The van der Waals surface area contributed by atoms with Gasteiger partial charge in [0.2, 0.25) is 5.88 Å². The number of carbonyl (C=O) groups is 1. The highest BCUT2D eigenvalue weighted by molar-refractivity contribution is 5.68. The summed E-state index contributed by atoms with van der Waals surface area (Å²) in [4.78, 5) is 16.7. The fourth-order valence-electron chi connectivity index (χ4n) is 2.54. The molecule has 146 valence electrons. The molecule has 26 heavy (non-hydrogen) atoms. The summed E-state index contributed by atoms with van der Waals surface area (Å²) < 4.78 is 63.4. The number of carbonyl (C=O) groups excluding carboxylic acids is 1. The van der Waals surface area contributed by atoms with E-state index in [2.05, 4.69) is 4.98 Å². The highest BCUT2D eigenvalue weighted by Gasteiger charge is 2.40. The van der Waals surface area contributed by atoms with E-state index in [1.165, 1.54) is 11.0 Å². The van der Waals surface area contributed by atoms with Crippen LogP contribution in [-0.2, 0) is 10.9 Å². The number of pyridine rings is 1. The fraction of sp³-hybridized carbons (Fsp3) is 0.647. The van der Waals surface area contributed by atoms with Crippen LogP contribution < -0.4 is 4.74 Å². The summed E-state index contributed by atoms with van der Waals surface area (Å²) in [6, 6.07) is 3.18. The third-order valence-electron chi connectivity index (χ3n) is 3.67. The summed E-state index contributed by atoms with van der Waals surface area (Å²) in [7, 11) is 0. The molecule has 0 N–H and O–H groups in total. The molecule has 0 radical (unpaired) electrons. The normalized spacial score (nSPS) is 21.4. The molecule has 1 aliphatic heterocycles. The van der Waals surface area contributed by atoms with Crippen molar-refractivity contribution in [1.29, 1.82) is 0 Å². The lowest BCUT2D eigenvalue weighted by Crippen LogP contribution is -2.51. The van der Waals surface area contributed by atoms with Gasteiger partial charge in [0.15, 0.2) is 5.67 Å². The molecule has 0 aliphatic carbocycles. The van der Waals surface area contributed by atoms with Crippen LogP contribution in [0.15, 0.2) is 18.2 Å². The topological polar surface area (TPSA) is 51.7 Å². The van der Waals surface area contributed by atoms with Gasteiger partial charge < -0.3 is 14.4 Å². The fourth-order valence-corrected chi connectivity index (χ4v) is 2.54. The first-order valence-corrected chi connectivity index (χ1v) is 8.22. The van der Waals surface area contributed by atoms with Crippen LogP contribution in [0.5, 0.6) is 5.88 Å². The SMILES string of the molecule is CC(C)(C)OC(=O)N1CCCC(F)(COc2cccc(C(F)(F)F)n2)C1. The van der Waals surface area contributed by atoms with Crippen LogP contribution in [0.2, 0.25) is 0 Å². The molecule has 1 saturated heterocycles. The van der Waals surface area contributed by atoms with Crippen molar-refractivity contribution in [2.75, 3.05) is 19.7 Å². The Morgan fingerprint density at radius 3 is 2.62 bits per heavy atom. The van der Waals surface area contributed by atoms with Crippen molar-refractivity contribution in [1.82, 2.24) is 9.88 Å². The Hall–Kier alpha value is -2.06. The molecule has 1 unspecified atom stereocenters. The molecule has 1 aromatic heterocycles. The Morgan fingerprint density at radius 1 is 1.31 bits per heavy atom. The molecule has 1 aromatic rings. The van der Waals surface area contributed by atoms with Crippen LogP contribution in [0.1, 0.15) is 39.3 Å². The molecule has 0 bridgehead atoms. The molecule has 0 spiro atoms. The zero-order chi connectivity index (χ0) is 19.6. The summed E-state index contributed by atoms with van der Waals surface area (Å²) >= 11 is 0. The van der Waals surface area contributed by atoms with Gasteiger partial charge in [0.1, 0.15) is 17.9 Å². The van der Waals surface area contributed by atoms with Crippen molar-refractivity contribution in [3.8, 4) is 5.88 Å². The summed E-state index contributed by atoms with van der Waals surface area (Å²) in [5.41, 5.74) is -3.70. The Bertz CT molecular complexity index is 646. The molecule has 1 amide bonds. The molecule has 5 nitrogen and oxygen atoms in total. The van der Waals surface area contributed by atoms with E-state index in [4.69, 9.17) is 9.47 Å². The summed E-state index contributed by atoms with van der Waals surface area (Å²) in [5.74, 6) is -0.314. The molecular weight excluding hydrogens is 356 g/mol. The van der Waals surface area contributed by atoms with Crippen LogP contribution in [0.3, 0.4) is 0 Å². The molecule has 2 heterocycles. The summed E-state index contributed by atoms with van der Waals surface area (Å²) in [6.45, 7) is 4.73. The molecule has 2 rings (SSSR count). The lowest BCUT2D eigenvalue weighted by molar-refractivity contribution is -0.141. The Morgan fingerprint density at radius 2 is 2.00 bits per heavy atom. The quantitative estimate of drug-likeness (QED) is 0.739. The Labute approximate surface area is 149 Å². The van der Waals surface area contributed by atoms with E-state index in [-0.39, 0.29) is 18.8 Å². The van der Waals surface area contributed by atoms with Gasteiger partial charge in [-0.3, -0.25) is 0 Å². The second-order valence-electron chi connectivity index (χ2n) is 7.30. The highest BCUT2D eigenvalue weighted by Crippen LogP contribution is 2.30. The van der Waals surface area contributed by atoms with Crippen LogP contribution >= 0.6 is 0 Å². The van der Waals surface area contributed by atoms with Gasteiger partial charge >= 0.3 is 12.3 Å². The first kappa shape index (κ1) is 20.3. The number of ether oxygens (including phenoxy) is 2. The number of amides is 1. The van der Waals surface area contributed by atoms with Crippen molar-refractivity contribution in [3.05, 3.63) is 23.9 Å². The summed E-state index contributed by atoms with van der Waals surface area (Å²) in [5, 5.41) is 0. The smallest absolute Gasteiger partial charge is 0.433 e. The predicted molar refractivity (Wildman–Crippen MR) is 85.6 cm³/mol. The zero-order valence-electron chi connectivity index (χ0n) is 14.9. The lowest BCUT2D eigenvalue weighted by atomic mass is 9.96. The zero-order valence-corrected chi connectivity index (χ0v) is 14.9. The minimum absolute atomic E-state index is 0.130. The van der Waals surface area contributed by atoms with E-state index in [0.29, 0.717) is 13.0 Å². The van der Waals surface area contributed by atoms with Crippen LogP contribution in [0.4, 0.5) is 22.4 Å². The van der Waals surface area contributed by atoms with Crippen LogP contribution in [0, 0.1) is 0 Å². The minimum atomic E-state index is -4.61. The highest BCUT2D eigenvalue weighted by atomic mass is 19.4. The van der Waals surface area contributed by atoms with E-state index in [1.54, 1.807) is 20.8 Å². The number of halogens is 4. The molecule has 0 aromatic carbocycles. The number of likely N-dealkylation sites (tertiary alicyclic amines) is 1. The van der Waals surface area contributed by atoms with Crippen molar-refractivity contribution in [3.63, 3.8) is 0 Å². The average molecular weight is 378 g/mol. The van der Waals surface area contributed by atoms with Gasteiger partial charge in [-0.2, -0.15) is 13.2 Å². The van der Waals surface area contributed by atoms with Crippen LogP contribution in [0.25, 0.3) is 0 Å². The number of rotatable bonds is 3. The van der Waals surface area contributed by atoms with Gasteiger partial charge in [-0.15, -0.1) is 0 Å². The van der Waals surface area contributed by atoms with Crippen molar-refractivity contribution in [2.24, 2.45) is 0 Å². The summed E-state index contributed by atoms with van der Waals surface area (Å²) in [6.07, 6.45) is -4.71. The maximum atomic E-state index is 15.0. The minimum Gasteiger partial charge on any atom is -0.474 e. The predicted octanol–water partition coefficient (Wildman–Crippen LogP) is 4.22. The van der Waals surface area contributed by atoms with E-state index in [0.717, 1.165) is 12.1 Å². The number of hydrogen-bond donors (Lipinski definition) is 0. The van der Waals surface area contributed by atoms with E-state index in [9.17, 15) is 18.0 Å². The number of aromatic nitrogens is 1. The number of alkyl halides is 4. The largest absolute Gasteiger partial charge is 0.474 e. The first-order valence-electron chi connectivity index (χ1n) is 8.22. The number of nitrogens with zero attached hydrogens (tertiary/aromatic N) is 2. The van der Waals surface area contributed by atoms with Gasteiger partial charge in [0.25, 0.3) is 0 Å². The molecular formula is C17H22F4N2O3. The third-order valence-corrected chi connectivity index (χ3v) is 3.67. The average Bonchev–Trinajstić information content (AvgIpc) is 2.51. The molecule has 1 atom stereocenters. The maximum Gasteiger partial charge on any atom is 0.433 e. The monoisotopic (exact) mass is 378 g/mol. The second kappa shape index (κ2) is 7.28. The first-order chi connectivity index (χ1) is 11.9. The molecule has 1 fully saturated rings. The van der Waals surface area contributed by atoms with Crippen molar-refractivity contribution in [2.45, 2.75) is 51.1 Å². The third kappa shape index (κ3) is 5.74. The van der Waals surface area contributed by atoms with E-state index >= 15 is 4.39 Å². The second-order valence-corrected chi connectivity index (χ2v) is 7.30. The van der Waals surface area contributed by atoms with Gasteiger partial charge in [-0.05, 0) is 39.7 Å². The van der Waals surface area contributed by atoms with Crippen molar-refractivity contribution < 1.29 is 31.8 Å². The van der Waals surface area contributed by atoms with Gasteiger partial charge in [-0.1, -0.05) is 6.07 Å². The lowest BCUT2D eigenvalue weighted by Gasteiger charge is -2.37. The molecule has 1 aliphatic rings. The maximum absolute atomic E-state index is 15.0. The van der Waals surface area contributed by atoms with E-state index in [1.807, 2.05) is 0 Å². The van der Waals surface area contributed by atoms with Crippen molar-refractivity contribution >= 4 is 6.09 Å². The van der Waals surface area contributed by atoms with Gasteiger partial charge in [0, 0.05) is 12.6 Å². The standard InChI is InChI=1S/C17H22F4N2O3/c1-15(2,3)26-14(24)23-9-5-8-16(18,10-23)11-25-13-7-4-6-12(22-13)17(19,20)21/h4,6-7H,5,8-11H2,1-3H3. The molecule has 9 heteroatoms. The Kier molecular flexibility index (Phi) is 5.67. The van der Waals surface area contributed by atoms with Gasteiger partial charge in [0.05, 0.1) is 6.54 Å². The Balaban J connectivity index is 1.99. The van der Waals surface area contributed by atoms with Gasteiger partial charge in [-0.25, -0.2) is 14.2 Å². The number of hydrogen-bond acceptors (Lipinski definition) is 4.